The Kier molecular flexibility index (Phi) is 9.32. The minimum atomic E-state index is -0.596. The van der Waals surface area contributed by atoms with E-state index < -0.39 is 17.7 Å². The summed E-state index contributed by atoms with van der Waals surface area (Å²) in [5.74, 6) is 0.0889. The molecular weight excluding hydrogens is 416 g/mol. The highest BCUT2D eigenvalue weighted by molar-refractivity contribution is 9.10. The topological polar surface area (TPSA) is 78.8 Å². The molecule has 8 heteroatoms. The van der Waals surface area contributed by atoms with Crippen LogP contribution in [0.15, 0.2) is 16.7 Å². The fourth-order valence-corrected chi connectivity index (χ4v) is 2.76. The largest absolute Gasteiger partial charge is 0.464 e. The number of hydrogen-bond donors (Lipinski definition) is 1. The summed E-state index contributed by atoms with van der Waals surface area (Å²) < 4.78 is 18.4. The Labute approximate surface area is 169 Å². The zero-order valence-electron chi connectivity index (χ0n) is 17.0. The number of carbonyl (C=O) groups excluding carboxylic acids is 2. The van der Waals surface area contributed by atoms with Gasteiger partial charge in [-0.3, -0.25) is 0 Å². The van der Waals surface area contributed by atoms with Crippen LogP contribution in [-0.2, 0) is 20.8 Å². The maximum atomic E-state index is 12.2. The van der Waals surface area contributed by atoms with Gasteiger partial charge in [-0.15, -0.1) is 0 Å². The number of nitrogens with one attached hydrogen (secondary N) is 1. The first-order valence-electron chi connectivity index (χ1n) is 9.03. The quantitative estimate of drug-likeness (QED) is 0.458. The molecule has 1 aromatic heterocycles. The monoisotopic (exact) mass is 446 g/mol. The lowest BCUT2D eigenvalue weighted by molar-refractivity contribution is 0.0421. The second-order valence-electron chi connectivity index (χ2n) is 7.79. The Balaban J connectivity index is 2.84. The maximum Gasteiger partial charge on any atom is 0.408 e. The third-order valence-corrected chi connectivity index (χ3v) is 3.99. The first kappa shape index (κ1) is 23.5. The van der Waals surface area contributed by atoms with Gasteiger partial charge in [0.15, 0.2) is 0 Å². The van der Waals surface area contributed by atoms with Gasteiger partial charge in [-0.2, -0.15) is 0 Å². The van der Waals surface area contributed by atoms with Crippen LogP contribution in [0.1, 0.15) is 51.5 Å². The summed E-state index contributed by atoms with van der Waals surface area (Å²) in [5.41, 5.74) is -0.205. The zero-order valence-corrected chi connectivity index (χ0v) is 18.6. The number of halogens is 1. The lowest BCUT2D eigenvalue weighted by Crippen LogP contribution is -2.44. The van der Waals surface area contributed by atoms with E-state index in [0.29, 0.717) is 31.4 Å². The fraction of sp³-hybridized carbons (Fsp3) is 0.684. The minimum absolute atomic E-state index is 0.308. The van der Waals surface area contributed by atoms with E-state index in [4.69, 9.17) is 14.2 Å². The van der Waals surface area contributed by atoms with Crippen LogP contribution in [-0.4, -0.2) is 48.6 Å². The van der Waals surface area contributed by atoms with Crippen LogP contribution < -0.4 is 5.32 Å². The van der Waals surface area contributed by atoms with Gasteiger partial charge in [0.05, 0.1) is 19.8 Å². The summed E-state index contributed by atoms with van der Waals surface area (Å²) in [6.45, 7) is 10.9. The van der Waals surface area contributed by atoms with Gasteiger partial charge in [-0.1, -0.05) is 13.8 Å². The predicted octanol–water partition coefficient (Wildman–Crippen LogP) is 3.99. The summed E-state index contributed by atoms with van der Waals surface area (Å²) in [5, 5.41) is 2.83. The third-order valence-electron chi connectivity index (χ3n) is 3.55. The summed E-state index contributed by atoms with van der Waals surface area (Å²) in [6.07, 6.45) is 2.18. The molecule has 1 aromatic rings. The van der Waals surface area contributed by atoms with Crippen molar-refractivity contribution in [1.29, 1.82) is 0 Å². The van der Waals surface area contributed by atoms with Gasteiger partial charge in [0, 0.05) is 23.8 Å². The van der Waals surface area contributed by atoms with Crippen LogP contribution in [0.2, 0.25) is 0 Å². The van der Waals surface area contributed by atoms with Crippen LogP contribution in [0.4, 0.5) is 4.79 Å². The van der Waals surface area contributed by atoms with Gasteiger partial charge in [0.2, 0.25) is 0 Å². The molecule has 0 bridgehead atoms. The first-order valence-corrected chi connectivity index (χ1v) is 9.82. The third kappa shape index (κ3) is 9.28. The number of nitrogens with zero attached hydrogens (tertiary/aromatic N) is 1. The van der Waals surface area contributed by atoms with Crippen molar-refractivity contribution in [2.45, 2.75) is 59.2 Å². The Hall–Kier alpha value is -1.54. The molecule has 1 atom stereocenters. The van der Waals surface area contributed by atoms with Crippen molar-refractivity contribution in [3.8, 4) is 0 Å². The number of methoxy groups -OCH3 is 1. The van der Waals surface area contributed by atoms with Crippen molar-refractivity contribution >= 4 is 28.0 Å². The van der Waals surface area contributed by atoms with Crippen LogP contribution in [0.3, 0.4) is 0 Å². The molecule has 7 nitrogen and oxygen atoms in total. The van der Waals surface area contributed by atoms with Gasteiger partial charge in [-0.05, 0) is 55.1 Å². The smallest absolute Gasteiger partial charge is 0.408 e. The molecule has 1 amide bonds. The molecule has 0 radical (unpaired) electrons. The van der Waals surface area contributed by atoms with Crippen LogP contribution in [0.25, 0.3) is 0 Å². The summed E-state index contributed by atoms with van der Waals surface area (Å²) in [4.78, 5) is 24.1. The second kappa shape index (κ2) is 10.7. The van der Waals surface area contributed by atoms with Gasteiger partial charge < -0.3 is 24.1 Å². The number of amides is 1. The van der Waals surface area contributed by atoms with E-state index in [2.05, 4.69) is 35.1 Å². The molecule has 0 unspecified atom stereocenters. The first-order chi connectivity index (χ1) is 12.5. The Morgan fingerprint density at radius 3 is 2.52 bits per heavy atom. The average molecular weight is 447 g/mol. The molecular formula is C19H31BrN2O5. The van der Waals surface area contributed by atoms with E-state index >= 15 is 0 Å². The lowest BCUT2D eigenvalue weighted by atomic mass is 10.1. The van der Waals surface area contributed by atoms with Crippen molar-refractivity contribution in [1.82, 2.24) is 9.88 Å². The van der Waals surface area contributed by atoms with Crippen molar-refractivity contribution in [3.05, 3.63) is 22.4 Å². The molecule has 1 N–H and O–H groups in total. The number of esters is 1. The highest BCUT2D eigenvalue weighted by Gasteiger charge is 2.22. The normalized spacial score (nSPS) is 12.7. The van der Waals surface area contributed by atoms with E-state index in [1.54, 1.807) is 37.6 Å². The number of alkyl carbamates (subject to hydrolysis) is 1. The number of hydrogen-bond acceptors (Lipinski definition) is 5. The highest BCUT2D eigenvalue weighted by atomic mass is 79.9. The molecule has 0 saturated heterocycles. The molecule has 0 aliphatic heterocycles. The SMILES string of the molecule is COC(=O)c1cc(Br)cn1C[C@H](COCCC(C)C)NC(=O)OC(C)(C)C. The van der Waals surface area contributed by atoms with Crippen molar-refractivity contribution in [2.75, 3.05) is 20.3 Å². The summed E-state index contributed by atoms with van der Waals surface area (Å²) >= 11 is 3.37. The van der Waals surface area contributed by atoms with E-state index in [9.17, 15) is 9.59 Å². The average Bonchev–Trinajstić information content (AvgIpc) is 2.89. The minimum Gasteiger partial charge on any atom is -0.464 e. The van der Waals surface area contributed by atoms with Gasteiger partial charge >= 0.3 is 12.1 Å². The fourth-order valence-electron chi connectivity index (χ4n) is 2.30. The summed E-state index contributed by atoms with van der Waals surface area (Å²) in [6, 6.07) is 1.31. The predicted molar refractivity (Wildman–Crippen MR) is 107 cm³/mol. The number of rotatable bonds is 9. The summed E-state index contributed by atoms with van der Waals surface area (Å²) in [7, 11) is 1.33. The van der Waals surface area contributed by atoms with Gasteiger partial charge in [-0.25, -0.2) is 9.59 Å². The van der Waals surface area contributed by atoms with Crippen molar-refractivity contribution < 1.29 is 23.8 Å². The van der Waals surface area contributed by atoms with E-state index in [-0.39, 0.29) is 6.04 Å². The molecule has 0 aliphatic rings. The molecule has 0 aliphatic carbocycles. The molecule has 27 heavy (non-hydrogen) atoms. The lowest BCUT2D eigenvalue weighted by Gasteiger charge is -2.24. The van der Waals surface area contributed by atoms with Crippen molar-refractivity contribution in [2.24, 2.45) is 5.92 Å². The Morgan fingerprint density at radius 2 is 1.96 bits per heavy atom. The zero-order chi connectivity index (χ0) is 20.6. The standard InChI is InChI=1S/C19H31BrN2O5/c1-13(2)7-8-26-12-15(21-18(24)27-19(3,4)5)11-22-10-14(20)9-16(22)17(23)25-6/h9-10,13,15H,7-8,11-12H2,1-6H3,(H,21,24)/t15-/m1/s1. The molecule has 154 valence electrons. The molecule has 1 heterocycles. The maximum absolute atomic E-state index is 12.2. The number of ether oxygens (including phenoxy) is 3. The second-order valence-corrected chi connectivity index (χ2v) is 8.70. The molecule has 0 aromatic carbocycles. The van der Waals surface area contributed by atoms with Crippen LogP contribution >= 0.6 is 15.9 Å². The van der Waals surface area contributed by atoms with Gasteiger partial charge in [0.1, 0.15) is 11.3 Å². The van der Waals surface area contributed by atoms with Gasteiger partial charge in [0.25, 0.3) is 0 Å². The molecule has 0 fully saturated rings. The highest BCUT2D eigenvalue weighted by Crippen LogP contribution is 2.17. The van der Waals surface area contributed by atoms with Crippen LogP contribution in [0, 0.1) is 5.92 Å². The molecule has 0 saturated carbocycles. The Morgan fingerprint density at radius 1 is 1.30 bits per heavy atom. The molecule has 0 spiro atoms. The number of carbonyl (C=O) groups is 2. The van der Waals surface area contributed by atoms with Crippen LogP contribution in [0.5, 0.6) is 0 Å². The van der Waals surface area contributed by atoms with Crippen molar-refractivity contribution in [3.63, 3.8) is 0 Å². The molecule has 1 rings (SSSR count). The van der Waals surface area contributed by atoms with E-state index in [1.807, 2.05) is 0 Å². The van der Waals surface area contributed by atoms with E-state index in [0.717, 1.165) is 10.9 Å². The van der Waals surface area contributed by atoms with E-state index in [1.165, 1.54) is 7.11 Å². The number of aromatic nitrogens is 1. The Bertz CT molecular complexity index is 622.